The summed E-state index contributed by atoms with van der Waals surface area (Å²) in [6, 6.07) is 0. The van der Waals surface area contributed by atoms with Gasteiger partial charge in [-0.05, 0) is 12.8 Å². The van der Waals surface area contributed by atoms with Crippen LogP contribution >= 0.6 is 0 Å². The number of unbranched alkanes of at least 4 members (excludes halogenated alkanes) is 18. The van der Waals surface area contributed by atoms with Gasteiger partial charge in [0.2, 0.25) is 0 Å². The third-order valence-electron chi connectivity index (χ3n) is 5.34. The summed E-state index contributed by atoms with van der Waals surface area (Å²) in [5.41, 5.74) is 0. The normalized spacial score (nSPS) is 10.9. The van der Waals surface area contributed by atoms with Crippen molar-refractivity contribution >= 4 is 11.9 Å². The molecule has 0 rings (SSSR count). The predicted molar refractivity (Wildman–Crippen MR) is 117 cm³/mol. The molecule has 1 N–H and O–H groups in total. The number of ether oxygens (including phenoxy) is 1. The predicted octanol–water partition coefficient (Wildman–Crippen LogP) is 7.44. The number of carboxylic acids is 1. The van der Waals surface area contributed by atoms with E-state index in [4.69, 9.17) is 9.84 Å². The Hall–Kier alpha value is -1.06. The Kier molecular flexibility index (Phi) is 21.4. The van der Waals surface area contributed by atoms with E-state index in [0.717, 1.165) is 19.3 Å². The molecule has 0 unspecified atom stereocenters. The summed E-state index contributed by atoms with van der Waals surface area (Å²) in [4.78, 5) is 21.0. The molecular formula is C24H46O4. The lowest BCUT2D eigenvalue weighted by Crippen LogP contribution is -2.00. The molecule has 0 aliphatic heterocycles. The SMILES string of the molecule is CC(=O)OCCCCCCCCCCCCCCCCCCCCCC(=O)O. The third kappa shape index (κ3) is 24.9. The van der Waals surface area contributed by atoms with Gasteiger partial charge in [0.25, 0.3) is 0 Å². The molecule has 0 saturated heterocycles. The van der Waals surface area contributed by atoms with Gasteiger partial charge < -0.3 is 9.84 Å². The molecule has 0 aromatic heterocycles. The zero-order chi connectivity index (χ0) is 20.7. The largest absolute Gasteiger partial charge is 0.481 e. The fraction of sp³-hybridized carbons (Fsp3) is 0.917. The molecule has 0 fully saturated rings. The molecule has 0 spiro atoms. The maximum atomic E-state index is 10.6. The number of hydrogen-bond donors (Lipinski definition) is 1. The van der Waals surface area contributed by atoms with Crippen LogP contribution in [0.1, 0.15) is 135 Å². The lowest BCUT2D eigenvalue weighted by molar-refractivity contribution is -0.141. The number of carbonyl (C=O) groups is 2. The number of esters is 1. The zero-order valence-corrected chi connectivity index (χ0v) is 18.5. The summed E-state index contributed by atoms with van der Waals surface area (Å²) in [6.07, 6.45) is 24.6. The molecule has 0 atom stereocenters. The molecule has 0 bridgehead atoms. The second kappa shape index (κ2) is 22.2. The fourth-order valence-corrected chi connectivity index (χ4v) is 3.60. The monoisotopic (exact) mass is 398 g/mol. The lowest BCUT2D eigenvalue weighted by atomic mass is 10.0. The Morgan fingerprint density at radius 1 is 0.536 bits per heavy atom. The van der Waals surface area contributed by atoms with Gasteiger partial charge in [-0.25, -0.2) is 0 Å². The molecule has 0 saturated carbocycles. The third-order valence-corrected chi connectivity index (χ3v) is 5.34. The first-order valence-electron chi connectivity index (χ1n) is 12.0. The Labute approximate surface area is 173 Å². The van der Waals surface area contributed by atoms with Crippen molar-refractivity contribution in [2.24, 2.45) is 0 Å². The molecule has 166 valence electrons. The quantitative estimate of drug-likeness (QED) is 0.152. The van der Waals surface area contributed by atoms with Crippen LogP contribution in [0, 0.1) is 0 Å². The minimum absolute atomic E-state index is 0.165. The van der Waals surface area contributed by atoms with Crippen LogP contribution in [-0.2, 0) is 14.3 Å². The maximum absolute atomic E-state index is 10.6. The molecule has 4 nitrogen and oxygen atoms in total. The molecule has 0 aromatic rings. The van der Waals surface area contributed by atoms with Gasteiger partial charge in [0, 0.05) is 13.3 Å². The minimum Gasteiger partial charge on any atom is -0.481 e. The van der Waals surface area contributed by atoms with Crippen LogP contribution in [-0.4, -0.2) is 23.7 Å². The van der Waals surface area contributed by atoms with Gasteiger partial charge in [-0.1, -0.05) is 109 Å². The Morgan fingerprint density at radius 2 is 0.821 bits per heavy atom. The van der Waals surface area contributed by atoms with E-state index < -0.39 is 5.97 Å². The van der Waals surface area contributed by atoms with Crippen LogP contribution in [0.5, 0.6) is 0 Å². The highest BCUT2D eigenvalue weighted by molar-refractivity contribution is 5.66. The van der Waals surface area contributed by atoms with Crippen LogP contribution in [0.4, 0.5) is 0 Å². The first-order valence-corrected chi connectivity index (χ1v) is 12.0. The topological polar surface area (TPSA) is 63.6 Å². The smallest absolute Gasteiger partial charge is 0.303 e. The lowest BCUT2D eigenvalue weighted by Gasteiger charge is -2.04. The van der Waals surface area contributed by atoms with Crippen LogP contribution in [0.15, 0.2) is 0 Å². The van der Waals surface area contributed by atoms with Gasteiger partial charge in [-0.3, -0.25) is 9.59 Å². The number of rotatable bonds is 22. The van der Waals surface area contributed by atoms with E-state index >= 15 is 0 Å². The minimum atomic E-state index is -0.662. The summed E-state index contributed by atoms with van der Waals surface area (Å²) in [5, 5.41) is 8.57. The molecular weight excluding hydrogens is 352 g/mol. The standard InChI is InChI=1S/C24H46O4/c1-23(25)28-22-20-18-16-14-12-10-8-6-4-2-3-5-7-9-11-13-15-17-19-21-24(26)27/h2-22H2,1H3,(H,26,27). The average Bonchev–Trinajstić information content (AvgIpc) is 2.65. The van der Waals surface area contributed by atoms with Crippen molar-refractivity contribution in [3.63, 3.8) is 0 Å². The maximum Gasteiger partial charge on any atom is 0.303 e. The molecule has 0 radical (unpaired) electrons. The van der Waals surface area contributed by atoms with Crippen molar-refractivity contribution in [2.75, 3.05) is 6.61 Å². The van der Waals surface area contributed by atoms with Gasteiger partial charge in [0.15, 0.2) is 0 Å². The summed E-state index contributed by atoms with van der Waals surface area (Å²) in [5.74, 6) is -0.828. The van der Waals surface area contributed by atoms with Gasteiger partial charge >= 0.3 is 11.9 Å². The van der Waals surface area contributed by atoms with E-state index in [2.05, 4.69) is 0 Å². The highest BCUT2D eigenvalue weighted by atomic mass is 16.5. The Bertz CT molecular complexity index is 321. The van der Waals surface area contributed by atoms with Crippen molar-refractivity contribution < 1.29 is 19.4 Å². The second-order valence-electron chi connectivity index (χ2n) is 8.20. The summed E-state index contributed by atoms with van der Waals surface area (Å²) in [6.45, 7) is 2.06. The summed E-state index contributed by atoms with van der Waals surface area (Å²) >= 11 is 0. The Balaban J connectivity index is 3.01. The van der Waals surface area contributed by atoms with Gasteiger partial charge in [-0.2, -0.15) is 0 Å². The van der Waals surface area contributed by atoms with Crippen LogP contribution in [0.2, 0.25) is 0 Å². The van der Waals surface area contributed by atoms with E-state index in [0.29, 0.717) is 13.0 Å². The van der Waals surface area contributed by atoms with E-state index in [-0.39, 0.29) is 5.97 Å². The Morgan fingerprint density at radius 3 is 1.11 bits per heavy atom. The molecule has 0 heterocycles. The van der Waals surface area contributed by atoms with Crippen molar-refractivity contribution in [1.29, 1.82) is 0 Å². The van der Waals surface area contributed by atoms with E-state index in [1.165, 1.54) is 110 Å². The van der Waals surface area contributed by atoms with Gasteiger partial charge in [0.1, 0.15) is 0 Å². The van der Waals surface area contributed by atoms with Crippen LogP contribution in [0.25, 0.3) is 0 Å². The van der Waals surface area contributed by atoms with Crippen LogP contribution in [0.3, 0.4) is 0 Å². The molecule has 0 aromatic carbocycles. The van der Waals surface area contributed by atoms with E-state index in [9.17, 15) is 9.59 Å². The number of carboxylic acid groups (broad SMARTS) is 1. The average molecular weight is 399 g/mol. The highest BCUT2D eigenvalue weighted by Gasteiger charge is 1.98. The van der Waals surface area contributed by atoms with E-state index in [1.54, 1.807) is 0 Å². The molecule has 4 heteroatoms. The van der Waals surface area contributed by atoms with Gasteiger partial charge in [0.05, 0.1) is 6.61 Å². The van der Waals surface area contributed by atoms with E-state index in [1.807, 2.05) is 0 Å². The number of carbonyl (C=O) groups excluding carboxylic acids is 1. The van der Waals surface area contributed by atoms with Crippen molar-refractivity contribution in [1.82, 2.24) is 0 Å². The first kappa shape index (κ1) is 26.9. The highest BCUT2D eigenvalue weighted by Crippen LogP contribution is 2.14. The van der Waals surface area contributed by atoms with Crippen molar-refractivity contribution in [3.8, 4) is 0 Å². The first-order chi connectivity index (χ1) is 13.6. The molecule has 28 heavy (non-hydrogen) atoms. The molecule has 0 amide bonds. The summed E-state index contributed by atoms with van der Waals surface area (Å²) < 4.78 is 4.93. The van der Waals surface area contributed by atoms with Crippen LogP contribution < -0.4 is 0 Å². The van der Waals surface area contributed by atoms with Gasteiger partial charge in [-0.15, -0.1) is 0 Å². The van der Waals surface area contributed by atoms with Crippen molar-refractivity contribution in [2.45, 2.75) is 135 Å². The second-order valence-corrected chi connectivity index (χ2v) is 8.20. The summed E-state index contributed by atoms with van der Waals surface area (Å²) in [7, 11) is 0. The zero-order valence-electron chi connectivity index (χ0n) is 18.5. The number of aliphatic carboxylic acids is 1. The molecule has 0 aliphatic rings. The fourth-order valence-electron chi connectivity index (χ4n) is 3.60. The molecule has 0 aliphatic carbocycles. The van der Waals surface area contributed by atoms with Crippen molar-refractivity contribution in [3.05, 3.63) is 0 Å². The number of hydrogen-bond acceptors (Lipinski definition) is 3.